The van der Waals surface area contributed by atoms with E-state index in [2.05, 4.69) is 293 Å². The van der Waals surface area contributed by atoms with Gasteiger partial charge < -0.3 is 14.4 Å². The zero-order valence-electron chi connectivity index (χ0n) is 60.7. The average Bonchev–Trinajstić information content (AvgIpc) is 0.712. The van der Waals surface area contributed by atoms with Crippen molar-refractivity contribution in [3.8, 4) is 130 Å². The van der Waals surface area contributed by atoms with Crippen molar-refractivity contribution < 1.29 is 0 Å². The number of hydrogen-bond acceptors (Lipinski definition) is 8. The van der Waals surface area contributed by atoms with Crippen molar-refractivity contribution in [1.82, 2.24) is 34.5 Å². The van der Waals surface area contributed by atoms with Crippen molar-refractivity contribution in [1.29, 1.82) is 0 Å². The lowest BCUT2D eigenvalue weighted by molar-refractivity contribution is 1.05. The summed E-state index contributed by atoms with van der Waals surface area (Å²) in [4.78, 5) is 37.4. The Morgan fingerprint density at radius 3 is 0.955 bits per heavy atom. The quantitative estimate of drug-likeness (QED) is 0.0995. The van der Waals surface area contributed by atoms with Crippen LogP contribution in [0.4, 0.5) is 34.1 Å². The molecular formula is C102H66BN9. The van der Waals surface area contributed by atoms with Gasteiger partial charge in [0.05, 0.1) is 22.3 Å². The van der Waals surface area contributed by atoms with E-state index in [0.717, 1.165) is 151 Å². The van der Waals surface area contributed by atoms with Gasteiger partial charge in [0.15, 0.2) is 34.9 Å². The fourth-order valence-corrected chi connectivity index (χ4v) is 16.6. The lowest BCUT2D eigenvalue weighted by Gasteiger charge is -2.44. The van der Waals surface area contributed by atoms with E-state index in [0.29, 0.717) is 34.9 Å². The van der Waals surface area contributed by atoms with E-state index in [4.69, 9.17) is 29.9 Å². The second-order valence-corrected chi connectivity index (χ2v) is 28.5. The van der Waals surface area contributed by atoms with Crippen LogP contribution in [-0.2, 0) is 0 Å². The first kappa shape index (κ1) is 65.3. The number of nitrogens with zero attached hydrogens (tertiary/aromatic N) is 9. The molecule has 0 fully saturated rings. The molecule has 2 aliphatic heterocycles. The summed E-state index contributed by atoms with van der Waals surface area (Å²) in [7, 11) is 0. The van der Waals surface area contributed by atoms with E-state index in [1.807, 2.05) is 121 Å². The van der Waals surface area contributed by atoms with E-state index in [1.165, 1.54) is 16.4 Å². The molecule has 0 N–H and O–H groups in total. The molecule has 16 aromatic carbocycles. The van der Waals surface area contributed by atoms with E-state index < -0.39 is 0 Å². The summed E-state index contributed by atoms with van der Waals surface area (Å²) in [6, 6.07) is 143. The minimum absolute atomic E-state index is 0.189. The molecule has 3 aromatic heterocycles. The minimum atomic E-state index is -0.189. The molecular weight excluding hydrogens is 1360 g/mol. The highest BCUT2D eigenvalue weighted by atomic mass is 15.2. The summed E-state index contributed by atoms with van der Waals surface area (Å²) in [5, 5.41) is 2.14. The highest BCUT2D eigenvalue weighted by Crippen LogP contribution is 2.49. The van der Waals surface area contributed by atoms with Crippen LogP contribution >= 0.6 is 0 Å². The third kappa shape index (κ3) is 11.6. The first-order valence-corrected chi connectivity index (χ1v) is 37.9. The van der Waals surface area contributed by atoms with Crippen LogP contribution in [0.2, 0.25) is 0 Å². The second kappa shape index (κ2) is 27.7. The number of aromatic nitrogens is 7. The Bertz CT molecular complexity index is 6460. The molecule has 0 saturated heterocycles. The Hall–Kier alpha value is -15.0. The van der Waals surface area contributed by atoms with Gasteiger partial charge in [-0.25, -0.2) is 29.9 Å². The smallest absolute Gasteiger partial charge is 0.252 e. The van der Waals surface area contributed by atoms with Crippen LogP contribution in [0.5, 0.6) is 0 Å². The minimum Gasteiger partial charge on any atom is -0.311 e. The van der Waals surface area contributed by atoms with E-state index in [-0.39, 0.29) is 6.71 Å². The predicted molar refractivity (Wildman–Crippen MR) is 461 cm³/mol. The summed E-state index contributed by atoms with van der Waals surface area (Å²) < 4.78 is 2.38. The van der Waals surface area contributed by atoms with Crippen LogP contribution in [0.1, 0.15) is 0 Å². The Kier molecular flexibility index (Phi) is 16.1. The molecule has 0 amide bonds. The lowest BCUT2D eigenvalue weighted by atomic mass is 9.33. The zero-order valence-corrected chi connectivity index (χ0v) is 60.7. The van der Waals surface area contributed by atoms with Gasteiger partial charge in [-0.1, -0.05) is 328 Å². The van der Waals surface area contributed by atoms with Gasteiger partial charge in [0, 0.05) is 72.7 Å². The first-order chi connectivity index (χ1) is 55.5. The maximum absolute atomic E-state index is 5.53. The monoisotopic (exact) mass is 1430 g/mol. The van der Waals surface area contributed by atoms with Gasteiger partial charge in [-0.15, -0.1) is 0 Å². The maximum Gasteiger partial charge on any atom is 0.252 e. The molecule has 0 unspecified atom stereocenters. The number of fused-ring (bicyclic) bond motifs is 7. The molecule has 0 saturated carbocycles. The van der Waals surface area contributed by atoms with Crippen molar-refractivity contribution in [3.63, 3.8) is 0 Å². The number of rotatable bonds is 14. The fourth-order valence-electron chi connectivity index (χ4n) is 16.6. The highest BCUT2D eigenvalue weighted by Gasteiger charge is 2.44. The zero-order chi connectivity index (χ0) is 74.0. The van der Waals surface area contributed by atoms with Gasteiger partial charge in [0.1, 0.15) is 0 Å². The molecule has 0 radical (unpaired) electrons. The van der Waals surface area contributed by atoms with Crippen molar-refractivity contribution in [2.24, 2.45) is 0 Å². The molecule has 9 nitrogen and oxygen atoms in total. The molecule has 2 aliphatic rings. The molecule has 112 heavy (non-hydrogen) atoms. The normalized spacial score (nSPS) is 12.1. The van der Waals surface area contributed by atoms with Crippen molar-refractivity contribution >= 4 is 79.0 Å². The van der Waals surface area contributed by atoms with Gasteiger partial charge in [0.25, 0.3) is 6.71 Å². The topological polar surface area (TPSA) is 88.8 Å². The van der Waals surface area contributed by atoms with Crippen molar-refractivity contribution in [2.45, 2.75) is 0 Å². The molecule has 0 spiro atoms. The Balaban J connectivity index is 0.818. The van der Waals surface area contributed by atoms with Crippen molar-refractivity contribution in [2.75, 3.05) is 9.80 Å². The van der Waals surface area contributed by atoms with Crippen LogP contribution in [0.25, 0.3) is 151 Å². The Morgan fingerprint density at radius 1 is 0.196 bits per heavy atom. The molecule has 522 valence electrons. The summed E-state index contributed by atoms with van der Waals surface area (Å²) in [6.45, 7) is -0.189. The highest BCUT2D eigenvalue weighted by molar-refractivity contribution is 7.00. The molecule has 5 heterocycles. The van der Waals surface area contributed by atoms with Gasteiger partial charge >= 0.3 is 0 Å². The van der Waals surface area contributed by atoms with Crippen LogP contribution in [0.3, 0.4) is 0 Å². The molecule has 0 atom stereocenters. The average molecular weight is 1430 g/mol. The first-order valence-electron chi connectivity index (χ1n) is 37.9. The summed E-state index contributed by atoms with van der Waals surface area (Å²) in [5.41, 5.74) is 29.3. The molecule has 21 rings (SSSR count). The largest absolute Gasteiger partial charge is 0.311 e. The molecule has 19 aromatic rings. The number of hydrogen-bond donors (Lipinski definition) is 0. The number of benzene rings is 16. The van der Waals surface area contributed by atoms with Crippen LogP contribution in [0.15, 0.2) is 400 Å². The van der Waals surface area contributed by atoms with Gasteiger partial charge in [-0.3, -0.25) is 0 Å². The van der Waals surface area contributed by atoms with Crippen LogP contribution in [-0.4, -0.2) is 41.2 Å². The van der Waals surface area contributed by atoms with E-state index in [9.17, 15) is 0 Å². The van der Waals surface area contributed by atoms with Crippen LogP contribution < -0.4 is 26.2 Å². The predicted octanol–water partition coefficient (Wildman–Crippen LogP) is 23.6. The van der Waals surface area contributed by atoms with Gasteiger partial charge in [0.2, 0.25) is 0 Å². The third-order valence-electron chi connectivity index (χ3n) is 21.9. The Labute approximate surface area is 649 Å². The second-order valence-electron chi connectivity index (χ2n) is 28.5. The number of para-hydroxylation sites is 1. The molecule has 0 bridgehead atoms. The van der Waals surface area contributed by atoms with E-state index >= 15 is 0 Å². The van der Waals surface area contributed by atoms with Gasteiger partial charge in [-0.2, -0.15) is 0 Å². The molecule has 0 aliphatic carbocycles. The summed E-state index contributed by atoms with van der Waals surface area (Å²) >= 11 is 0. The standard InChI is InChI=1S/C102H66BN9/c1-9-28-67(29-10-1)71-48-55-81(56-49-71)110-90-60-53-78(69-32-13-3-14-33-69)63-86(90)103-87-64-79(70-34-15-4-16-35-70)54-61-91(87)111(82-57-50-72(51-58-82)68-30-11-2-12-31-68)94-66-80(65-93(110)96(94)103)77-52-59-89-85(62-77)83-44-25-26-46-88(83)112(89)92-47-27-45-84(101-106-97(73-36-17-5-18-37-73)104-98(107-101)74-38-19-6-20-39-74)95(92)102-108-99(75-40-21-7-22-41-75)105-100(109-102)76-42-23-8-24-43-76/h1-66H. The number of anilines is 6. The van der Waals surface area contributed by atoms with E-state index in [1.54, 1.807) is 0 Å². The SMILES string of the molecule is c1ccc(-c2ccc(N3c4ccc(-c5ccccc5)cc4B4c5cc(-c6ccccc6)ccc5N(c5ccc(-c6ccccc6)cc5)c5cc(-c6ccc7c(c6)c6ccccc6n7-c6cccc(-c7nc(-c8ccccc8)nc(-c8ccccc8)n7)c6-c6nc(-c7ccccc7)nc(-c7ccccc7)n6)cc3c54)cc2)cc1. The third-order valence-corrected chi connectivity index (χ3v) is 21.9. The Morgan fingerprint density at radius 2 is 0.527 bits per heavy atom. The molecule has 10 heteroatoms. The maximum atomic E-state index is 5.53. The summed E-state index contributed by atoms with van der Waals surface area (Å²) in [5.74, 6) is 3.07. The van der Waals surface area contributed by atoms with Crippen LogP contribution in [0, 0.1) is 0 Å². The van der Waals surface area contributed by atoms with Crippen molar-refractivity contribution in [3.05, 3.63) is 400 Å². The summed E-state index contributed by atoms with van der Waals surface area (Å²) in [6.07, 6.45) is 0. The van der Waals surface area contributed by atoms with Gasteiger partial charge in [-0.05, 0) is 145 Å². The fraction of sp³-hybridized carbons (Fsp3) is 0. The lowest BCUT2D eigenvalue weighted by Crippen LogP contribution is -2.61.